The number of amides is 1. The van der Waals surface area contributed by atoms with E-state index in [-0.39, 0.29) is 11.7 Å². The van der Waals surface area contributed by atoms with Crippen LogP contribution in [0.15, 0.2) is 48.5 Å². The number of halogens is 1. The summed E-state index contributed by atoms with van der Waals surface area (Å²) in [5.41, 5.74) is 0.949. The molecule has 2 aromatic rings. The van der Waals surface area contributed by atoms with Gasteiger partial charge in [0, 0.05) is 12.7 Å². The lowest BCUT2D eigenvalue weighted by Gasteiger charge is -2.18. The zero-order chi connectivity index (χ0) is 18.6. The molecule has 0 heterocycles. The number of nitrogens with one attached hydrogen (secondary N) is 1. The molecule has 0 bridgehead atoms. The van der Waals surface area contributed by atoms with Gasteiger partial charge >= 0.3 is 0 Å². The maximum atomic E-state index is 12.9. The maximum absolute atomic E-state index is 12.9. The van der Waals surface area contributed by atoms with Crippen LogP contribution in [0.1, 0.15) is 6.92 Å². The third kappa shape index (κ3) is 5.18. The number of hydrogen-bond acceptors (Lipinski definition) is 4. The topological polar surface area (TPSA) is 75.7 Å². The quantitative estimate of drug-likeness (QED) is 0.853. The summed E-state index contributed by atoms with van der Waals surface area (Å²) in [6, 6.07) is 11.7. The van der Waals surface area contributed by atoms with Gasteiger partial charge in [0.25, 0.3) is 5.91 Å². The van der Waals surface area contributed by atoms with Crippen molar-refractivity contribution in [2.45, 2.75) is 13.0 Å². The Balaban J connectivity index is 1.99. The molecular weight excluding hydrogens is 347 g/mol. The Morgan fingerprint density at radius 1 is 1.12 bits per heavy atom. The summed E-state index contributed by atoms with van der Waals surface area (Å²) >= 11 is 0. The van der Waals surface area contributed by atoms with Gasteiger partial charge in [0.2, 0.25) is 10.0 Å². The summed E-state index contributed by atoms with van der Waals surface area (Å²) in [5.74, 6) is -0.349. The van der Waals surface area contributed by atoms with E-state index in [1.54, 1.807) is 31.2 Å². The first-order valence-corrected chi connectivity index (χ1v) is 9.28. The smallest absolute Gasteiger partial charge is 0.265 e. The van der Waals surface area contributed by atoms with E-state index in [0.29, 0.717) is 17.1 Å². The van der Waals surface area contributed by atoms with Gasteiger partial charge in [-0.3, -0.25) is 9.10 Å². The summed E-state index contributed by atoms with van der Waals surface area (Å²) in [7, 11) is -1.89. The fourth-order valence-corrected chi connectivity index (χ4v) is 2.47. The summed E-state index contributed by atoms with van der Waals surface area (Å²) in [5, 5.41) is 2.62. The monoisotopic (exact) mass is 366 g/mol. The third-order valence-electron chi connectivity index (χ3n) is 3.49. The van der Waals surface area contributed by atoms with Gasteiger partial charge in [-0.25, -0.2) is 12.8 Å². The molecule has 2 aromatic carbocycles. The van der Waals surface area contributed by atoms with Crippen molar-refractivity contribution >= 4 is 27.3 Å². The van der Waals surface area contributed by atoms with E-state index in [2.05, 4.69) is 5.32 Å². The van der Waals surface area contributed by atoms with Gasteiger partial charge < -0.3 is 10.1 Å². The predicted octanol–water partition coefficient (Wildman–Crippen LogP) is 2.63. The lowest BCUT2D eigenvalue weighted by Crippen LogP contribution is -2.30. The Morgan fingerprint density at radius 3 is 2.20 bits per heavy atom. The number of anilines is 2. The Kier molecular flexibility index (Phi) is 5.63. The van der Waals surface area contributed by atoms with Crippen molar-refractivity contribution in [2.75, 3.05) is 22.9 Å². The second kappa shape index (κ2) is 7.52. The van der Waals surface area contributed by atoms with Crippen molar-refractivity contribution in [1.82, 2.24) is 0 Å². The molecule has 2 rings (SSSR count). The minimum atomic E-state index is -3.34. The predicted molar refractivity (Wildman–Crippen MR) is 94.8 cm³/mol. The number of carbonyl (C=O) groups excluding carboxylic acids is 1. The van der Waals surface area contributed by atoms with E-state index in [4.69, 9.17) is 4.74 Å². The van der Waals surface area contributed by atoms with Gasteiger partial charge in [-0.05, 0) is 55.5 Å². The molecule has 0 aliphatic carbocycles. The first kappa shape index (κ1) is 18.7. The zero-order valence-electron chi connectivity index (χ0n) is 14.1. The highest BCUT2D eigenvalue weighted by Gasteiger charge is 2.16. The van der Waals surface area contributed by atoms with Gasteiger partial charge in [0.05, 0.1) is 11.9 Å². The average Bonchev–Trinajstić information content (AvgIpc) is 2.56. The lowest BCUT2D eigenvalue weighted by molar-refractivity contribution is -0.122. The van der Waals surface area contributed by atoms with E-state index in [0.717, 1.165) is 10.6 Å². The average molecular weight is 366 g/mol. The minimum absolute atomic E-state index is 0.385. The molecule has 1 amide bonds. The molecule has 0 spiro atoms. The second-order valence-corrected chi connectivity index (χ2v) is 7.49. The Hall–Kier alpha value is -2.61. The normalized spacial score (nSPS) is 12.3. The van der Waals surface area contributed by atoms with E-state index >= 15 is 0 Å². The van der Waals surface area contributed by atoms with Crippen LogP contribution in [0, 0.1) is 5.82 Å². The number of hydrogen-bond donors (Lipinski definition) is 1. The van der Waals surface area contributed by atoms with Crippen molar-refractivity contribution < 1.29 is 22.3 Å². The van der Waals surface area contributed by atoms with Crippen LogP contribution in [-0.2, 0) is 14.8 Å². The molecule has 25 heavy (non-hydrogen) atoms. The Morgan fingerprint density at radius 2 is 1.68 bits per heavy atom. The standard InChI is InChI=1S/C17H19FN2O4S/c1-12(17(21)19-14-6-4-13(18)5-7-14)24-16-10-8-15(9-11-16)20(2)25(3,22)23/h4-12H,1-3H3,(H,19,21)/t12-/m1/s1. The van der Waals surface area contributed by atoms with Crippen molar-refractivity contribution in [2.24, 2.45) is 0 Å². The van der Waals surface area contributed by atoms with Crippen molar-refractivity contribution in [1.29, 1.82) is 0 Å². The van der Waals surface area contributed by atoms with Crippen LogP contribution < -0.4 is 14.4 Å². The highest BCUT2D eigenvalue weighted by atomic mass is 32.2. The molecule has 8 heteroatoms. The van der Waals surface area contributed by atoms with Crippen LogP contribution in [0.4, 0.5) is 15.8 Å². The zero-order valence-corrected chi connectivity index (χ0v) is 14.9. The summed E-state index contributed by atoms with van der Waals surface area (Å²) < 4.78 is 42.5. The molecule has 0 unspecified atom stereocenters. The highest BCUT2D eigenvalue weighted by Crippen LogP contribution is 2.21. The number of rotatable bonds is 6. The highest BCUT2D eigenvalue weighted by molar-refractivity contribution is 7.92. The van der Waals surface area contributed by atoms with Gasteiger partial charge in [0.1, 0.15) is 11.6 Å². The summed E-state index contributed by atoms with van der Waals surface area (Å²) in [6.45, 7) is 1.58. The molecule has 0 saturated heterocycles. The van der Waals surface area contributed by atoms with E-state index < -0.39 is 16.1 Å². The van der Waals surface area contributed by atoms with Gasteiger partial charge in [0.15, 0.2) is 6.10 Å². The van der Waals surface area contributed by atoms with Crippen molar-refractivity contribution in [3.8, 4) is 5.75 Å². The second-order valence-electron chi connectivity index (χ2n) is 5.48. The van der Waals surface area contributed by atoms with Crippen LogP contribution >= 0.6 is 0 Å². The van der Waals surface area contributed by atoms with Crippen LogP contribution in [0.5, 0.6) is 5.75 Å². The Bertz CT molecular complexity index is 836. The molecule has 0 aliphatic rings. The van der Waals surface area contributed by atoms with E-state index in [9.17, 15) is 17.6 Å². The molecule has 6 nitrogen and oxygen atoms in total. The fourth-order valence-electron chi connectivity index (χ4n) is 1.96. The molecule has 0 aromatic heterocycles. The molecule has 0 aliphatic heterocycles. The summed E-state index contributed by atoms with van der Waals surface area (Å²) in [4.78, 5) is 12.1. The number of sulfonamides is 1. The van der Waals surface area contributed by atoms with Gasteiger partial charge in [-0.1, -0.05) is 0 Å². The molecule has 1 atom stereocenters. The molecule has 134 valence electrons. The molecule has 0 fully saturated rings. The van der Waals surface area contributed by atoms with Crippen LogP contribution in [0.25, 0.3) is 0 Å². The number of nitrogens with zero attached hydrogens (tertiary/aromatic N) is 1. The van der Waals surface area contributed by atoms with Crippen LogP contribution in [0.2, 0.25) is 0 Å². The molecule has 0 radical (unpaired) electrons. The first-order chi connectivity index (χ1) is 11.7. The minimum Gasteiger partial charge on any atom is -0.481 e. The molecule has 1 N–H and O–H groups in total. The first-order valence-electron chi connectivity index (χ1n) is 7.44. The van der Waals surface area contributed by atoms with Gasteiger partial charge in [-0.2, -0.15) is 0 Å². The van der Waals surface area contributed by atoms with Crippen LogP contribution in [-0.4, -0.2) is 33.7 Å². The lowest BCUT2D eigenvalue weighted by atomic mass is 10.2. The van der Waals surface area contributed by atoms with Crippen LogP contribution in [0.3, 0.4) is 0 Å². The maximum Gasteiger partial charge on any atom is 0.265 e. The SMILES string of the molecule is C[C@@H](Oc1ccc(N(C)S(C)(=O)=O)cc1)C(=O)Nc1ccc(F)cc1. The number of benzene rings is 2. The third-order valence-corrected chi connectivity index (χ3v) is 4.70. The van der Waals surface area contributed by atoms with E-state index in [1.807, 2.05) is 0 Å². The number of carbonyl (C=O) groups is 1. The largest absolute Gasteiger partial charge is 0.481 e. The molecule has 0 saturated carbocycles. The Labute approximate surface area is 146 Å². The number of ether oxygens (including phenoxy) is 1. The van der Waals surface area contributed by atoms with E-state index in [1.165, 1.54) is 31.3 Å². The van der Waals surface area contributed by atoms with Crippen molar-refractivity contribution in [3.63, 3.8) is 0 Å². The molecular formula is C17H19FN2O4S. The van der Waals surface area contributed by atoms with Crippen molar-refractivity contribution in [3.05, 3.63) is 54.3 Å². The fraction of sp³-hybridized carbons (Fsp3) is 0.235. The summed E-state index contributed by atoms with van der Waals surface area (Å²) in [6.07, 6.45) is 0.322. The van der Waals surface area contributed by atoms with Gasteiger partial charge in [-0.15, -0.1) is 0 Å².